The molecule has 0 radical (unpaired) electrons. The van der Waals surface area contributed by atoms with Gasteiger partial charge in [0.25, 0.3) is 11.6 Å². The Bertz CT molecular complexity index is 844. The molecule has 1 fully saturated rings. The maximum atomic E-state index is 12.2. The first-order valence-electron chi connectivity index (χ1n) is 9.51. The van der Waals surface area contributed by atoms with Crippen molar-refractivity contribution in [1.82, 2.24) is 10.2 Å². The van der Waals surface area contributed by atoms with E-state index in [9.17, 15) is 14.9 Å². The first-order valence-corrected chi connectivity index (χ1v) is 10.3. The number of nitrogens with one attached hydrogen (secondary N) is 1. The van der Waals surface area contributed by atoms with Gasteiger partial charge in [-0.05, 0) is 44.5 Å². The standard InChI is InChI=1S/C20H26N4O3S/c1-15-5-3-6-17(13-15)23-11-9-22(10-12-23)8-4-7-21-20(25)19-14-18(24(26)27)16(2)28-19/h3,5-6,13-14H,4,7-12H2,1-2H3,(H,21,25). The van der Waals surface area contributed by atoms with E-state index in [1.807, 2.05) is 0 Å². The number of thiophene rings is 1. The Morgan fingerprint density at radius 2 is 1.96 bits per heavy atom. The third-order valence-corrected chi connectivity index (χ3v) is 6.03. The summed E-state index contributed by atoms with van der Waals surface area (Å²) in [6.07, 6.45) is 0.864. The summed E-state index contributed by atoms with van der Waals surface area (Å²) in [6.45, 7) is 9.32. The number of nitro groups is 1. The Kier molecular flexibility index (Phi) is 6.64. The predicted octanol–water partition coefficient (Wildman–Crippen LogP) is 3.22. The number of amides is 1. The Labute approximate surface area is 169 Å². The zero-order valence-corrected chi connectivity index (χ0v) is 17.1. The first kappa shape index (κ1) is 20.3. The second-order valence-corrected chi connectivity index (χ2v) is 8.34. The van der Waals surface area contributed by atoms with Crippen LogP contribution in [0, 0.1) is 24.0 Å². The highest BCUT2D eigenvalue weighted by atomic mass is 32.1. The molecule has 1 amide bonds. The molecular formula is C20H26N4O3S. The number of aryl methyl sites for hydroxylation is 2. The zero-order valence-electron chi connectivity index (χ0n) is 16.3. The maximum absolute atomic E-state index is 12.2. The number of hydrogen-bond donors (Lipinski definition) is 1. The van der Waals surface area contributed by atoms with Gasteiger partial charge in [-0.3, -0.25) is 19.8 Å². The number of rotatable bonds is 7. The molecule has 0 spiro atoms. The minimum atomic E-state index is -0.445. The van der Waals surface area contributed by atoms with Gasteiger partial charge in [0.15, 0.2) is 0 Å². The lowest BCUT2D eigenvalue weighted by Gasteiger charge is -2.36. The Balaban J connectivity index is 1.37. The lowest BCUT2D eigenvalue weighted by atomic mass is 10.2. The fraction of sp³-hybridized carbons (Fsp3) is 0.450. The molecule has 8 heteroatoms. The molecule has 28 heavy (non-hydrogen) atoms. The van der Waals surface area contributed by atoms with Crippen LogP contribution in [-0.2, 0) is 0 Å². The third-order valence-electron chi connectivity index (χ3n) is 4.99. The minimum absolute atomic E-state index is 0.0154. The van der Waals surface area contributed by atoms with Crippen molar-refractivity contribution in [3.63, 3.8) is 0 Å². The Morgan fingerprint density at radius 3 is 2.61 bits per heavy atom. The molecule has 1 saturated heterocycles. The van der Waals surface area contributed by atoms with Gasteiger partial charge < -0.3 is 10.2 Å². The van der Waals surface area contributed by atoms with Gasteiger partial charge >= 0.3 is 0 Å². The smallest absolute Gasteiger partial charge is 0.283 e. The summed E-state index contributed by atoms with van der Waals surface area (Å²) in [7, 11) is 0. The van der Waals surface area contributed by atoms with Crippen LogP contribution in [0.15, 0.2) is 30.3 Å². The SMILES string of the molecule is Cc1cccc(N2CCN(CCCNC(=O)c3cc([N+](=O)[O-])c(C)s3)CC2)c1. The highest BCUT2D eigenvalue weighted by molar-refractivity contribution is 7.14. The molecule has 1 aliphatic heterocycles. The van der Waals surface area contributed by atoms with Gasteiger partial charge in [0.1, 0.15) is 0 Å². The molecule has 0 unspecified atom stereocenters. The number of piperazine rings is 1. The predicted molar refractivity (Wildman–Crippen MR) is 112 cm³/mol. The van der Waals surface area contributed by atoms with Gasteiger partial charge in [0, 0.05) is 44.5 Å². The van der Waals surface area contributed by atoms with Crippen LogP contribution in [0.4, 0.5) is 11.4 Å². The van der Waals surface area contributed by atoms with Crippen LogP contribution >= 0.6 is 11.3 Å². The fourth-order valence-electron chi connectivity index (χ4n) is 3.41. The fourth-order valence-corrected chi connectivity index (χ4v) is 4.32. The summed E-state index contributed by atoms with van der Waals surface area (Å²) in [4.78, 5) is 28.4. The van der Waals surface area contributed by atoms with Crippen LogP contribution in [0.5, 0.6) is 0 Å². The van der Waals surface area contributed by atoms with Crippen molar-refractivity contribution in [2.75, 3.05) is 44.2 Å². The maximum Gasteiger partial charge on any atom is 0.283 e. The van der Waals surface area contributed by atoms with Crippen LogP contribution in [0.1, 0.15) is 26.5 Å². The van der Waals surface area contributed by atoms with Gasteiger partial charge in [0.2, 0.25) is 0 Å². The monoisotopic (exact) mass is 402 g/mol. The van der Waals surface area contributed by atoms with Gasteiger partial charge in [-0.1, -0.05) is 12.1 Å². The molecule has 2 heterocycles. The Hall–Kier alpha value is -2.45. The minimum Gasteiger partial charge on any atom is -0.369 e. The summed E-state index contributed by atoms with van der Waals surface area (Å²) in [5.74, 6) is -0.231. The highest BCUT2D eigenvalue weighted by Crippen LogP contribution is 2.27. The van der Waals surface area contributed by atoms with Crippen molar-refractivity contribution in [2.45, 2.75) is 20.3 Å². The van der Waals surface area contributed by atoms with E-state index in [0.29, 0.717) is 16.3 Å². The van der Waals surface area contributed by atoms with E-state index >= 15 is 0 Å². The van der Waals surface area contributed by atoms with Crippen molar-refractivity contribution in [1.29, 1.82) is 0 Å². The van der Waals surface area contributed by atoms with E-state index in [4.69, 9.17) is 0 Å². The summed E-state index contributed by atoms with van der Waals surface area (Å²) >= 11 is 1.17. The second kappa shape index (κ2) is 9.16. The molecule has 7 nitrogen and oxygen atoms in total. The molecule has 0 aliphatic carbocycles. The quantitative estimate of drug-likeness (QED) is 0.437. The van der Waals surface area contributed by atoms with Crippen LogP contribution in [-0.4, -0.2) is 55.0 Å². The molecule has 1 aromatic carbocycles. The van der Waals surface area contributed by atoms with Crippen molar-refractivity contribution in [2.24, 2.45) is 0 Å². The van der Waals surface area contributed by atoms with E-state index in [2.05, 4.69) is 46.3 Å². The summed E-state index contributed by atoms with van der Waals surface area (Å²) < 4.78 is 0. The molecule has 1 aromatic heterocycles. The molecule has 3 rings (SSSR count). The summed E-state index contributed by atoms with van der Waals surface area (Å²) in [5.41, 5.74) is 2.58. The van der Waals surface area contributed by atoms with E-state index in [-0.39, 0.29) is 11.6 Å². The van der Waals surface area contributed by atoms with Crippen LogP contribution in [0.2, 0.25) is 0 Å². The number of carbonyl (C=O) groups excluding carboxylic acids is 1. The normalized spacial score (nSPS) is 14.9. The highest BCUT2D eigenvalue weighted by Gasteiger charge is 2.20. The molecule has 2 aromatic rings. The summed E-state index contributed by atoms with van der Waals surface area (Å²) in [5, 5.41) is 13.8. The van der Waals surface area contributed by atoms with Crippen molar-refractivity contribution >= 4 is 28.6 Å². The average molecular weight is 403 g/mol. The van der Waals surface area contributed by atoms with Gasteiger partial charge in [-0.15, -0.1) is 11.3 Å². The van der Waals surface area contributed by atoms with Gasteiger partial charge in [-0.2, -0.15) is 0 Å². The number of nitrogens with zero attached hydrogens (tertiary/aromatic N) is 3. The van der Waals surface area contributed by atoms with E-state index in [1.165, 1.54) is 28.7 Å². The van der Waals surface area contributed by atoms with Crippen LogP contribution < -0.4 is 10.2 Å². The number of hydrogen-bond acceptors (Lipinski definition) is 6. The molecular weight excluding hydrogens is 376 g/mol. The molecule has 0 saturated carbocycles. The number of carbonyl (C=O) groups is 1. The molecule has 0 atom stereocenters. The van der Waals surface area contributed by atoms with Crippen molar-refractivity contribution in [3.05, 3.63) is 55.8 Å². The molecule has 1 N–H and O–H groups in total. The van der Waals surface area contributed by atoms with Crippen molar-refractivity contribution < 1.29 is 9.72 Å². The zero-order chi connectivity index (χ0) is 20.1. The largest absolute Gasteiger partial charge is 0.369 e. The number of anilines is 1. The summed E-state index contributed by atoms with van der Waals surface area (Å²) in [6, 6.07) is 9.96. The van der Waals surface area contributed by atoms with Gasteiger partial charge in [-0.25, -0.2) is 0 Å². The van der Waals surface area contributed by atoms with E-state index in [1.54, 1.807) is 6.92 Å². The molecule has 0 bridgehead atoms. The van der Waals surface area contributed by atoms with Crippen LogP contribution in [0.25, 0.3) is 0 Å². The first-order chi connectivity index (χ1) is 13.4. The average Bonchev–Trinajstić information content (AvgIpc) is 3.08. The molecule has 150 valence electrons. The lowest BCUT2D eigenvalue weighted by molar-refractivity contribution is -0.385. The van der Waals surface area contributed by atoms with Crippen LogP contribution in [0.3, 0.4) is 0 Å². The lowest BCUT2D eigenvalue weighted by Crippen LogP contribution is -2.47. The van der Waals surface area contributed by atoms with E-state index < -0.39 is 4.92 Å². The third kappa shape index (κ3) is 5.08. The Morgan fingerprint density at radius 1 is 1.21 bits per heavy atom. The second-order valence-electron chi connectivity index (χ2n) is 7.09. The van der Waals surface area contributed by atoms with Gasteiger partial charge in [0.05, 0.1) is 14.7 Å². The van der Waals surface area contributed by atoms with E-state index in [0.717, 1.165) is 39.1 Å². The van der Waals surface area contributed by atoms with Crippen molar-refractivity contribution in [3.8, 4) is 0 Å². The topological polar surface area (TPSA) is 78.7 Å². The molecule has 1 aliphatic rings. The number of benzene rings is 1.